The van der Waals surface area contributed by atoms with Crippen molar-refractivity contribution in [3.8, 4) is 0 Å². The highest BCUT2D eigenvalue weighted by Crippen LogP contribution is 2.16. The molecule has 2 aromatic heterocycles. The molecule has 2 N–H and O–H groups in total. The molecule has 0 atom stereocenters. The number of carbonyl (C=O) groups is 1. The summed E-state index contributed by atoms with van der Waals surface area (Å²) in [5.41, 5.74) is 2.73. The molecule has 0 spiro atoms. The van der Waals surface area contributed by atoms with Crippen molar-refractivity contribution in [2.45, 2.75) is 33.2 Å². The Morgan fingerprint density at radius 2 is 2.18 bits per heavy atom. The smallest absolute Gasteiger partial charge is 0.231 e. The molecule has 6 heteroatoms. The number of hydrogen-bond acceptors (Lipinski definition) is 3. The van der Waals surface area contributed by atoms with Gasteiger partial charge in [-0.1, -0.05) is 25.1 Å². The molecule has 0 fully saturated rings. The van der Waals surface area contributed by atoms with Crippen LogP contribution in [0, 0.1) is 6.92 Å². The summed E-state index contributed by atoms with van der Waals surface area (Å²) >= 11 is 0. The molecule has 1 aromatic carbocycles. The molecule has 0 saturated carbocycles. The van der Waals surface area contributed by atoms with E-state index in [-0.39, 0.29) is 12.3 Å². The van der Waals surface area contributed by atoms with E-state index in [0.29, 0.717) is 5.82 Å². The number of anilines is 1. The molecule has 114 valence electrons. The minimum atomic E-state index is -0.101. The minimum Gasteiger partial charge on any atom is -0.309 e. The van der Waals surface area contributed by atoms with Crippen molar-refractivity contribution in [3.63, 3.8) is 0 Å². The summed E-state index contributed by atoms with van der Waals surface area (Å²) in [6.45, 7) is 4.94. The first kappa shape index (κ1) is 14.3. The van der Waals surface area contributed by atoms with E-state index in [1.165, 1.54) is 0 Å². The van der Waals surface area contributed by atoms with Gasteiger partial charge in [0, 0.05) is 23.7 Å². The standard InChI is InChI=1S/C16H19N5O/c1-3-8-21-11(2)9-15(20-21)17-16(22)10-14-12-6-4-5-7-13(12)18-19-14/h4-7,9H,3,8,10H2,1-2H3,(H,18,19)(H,17,20,22). The van der Waals surface area contributed by atoms with Crippen LogP contribution < -0.4 is 5.32 Å². The van der Waals surface area contributed by atoms with Gasteiger partial charge in [-0.15, -0.1) is 0 Å². The largest absolute Gasteiger partial charge is 0.309 e. The Kier molecular flexibility index (Phi) is 3.91. The van der Waals surface area contributed by atoms with Crippen molar-refractivity contribution in [1.29, 1.82) is 0 Å². The first-order valence-corrected chi connectivity index (χ1v) is 7.43. The van der Waals surface area contributed by atoms with E-state index in [9.17, 15) is 4.79 Å². The molecule has 0 aliphatic carbocycles. The second kappa shape index (κ2) is 6.01. The number of amides is 1. The second-order valence-corrected chi connectivity index (χ2v) is 5.34. The number of H-pyrrole nitrogens is 1. The molecule has 0 radical (unpaired) electrons. The predicted octanol–water partition coefficient (Wildman–Crippen LogP) is 2.66. The summed E-state index contributed by atoms with van der Waals surface area (Å²) in [6.07, 6.45) is 1.26. The number of hydrogen-bond donors (Lipinski definition) is 2. The van der Waals surface area contributed by atoms with Gasteiger partial charge in [0.2, 0.25) is 5.91 Å². The molecule has 3 aromatic rings. The van der Waals surface area contributed by atoms with E-state index >= 15 is 0 Å². The third-order valence-corrected chi connectivity index (χ3v) is 3.56. The number of nitrogens with zero attached hydrogens (tertiary/aromatic N) is 3. The Morgan fingerprint density at radius 3 is 3.00 bits per heavy atom. The topological polar surface area (TPSA) is 75.6 Å². The van der Waals surface area contributed by atoms with Gasteiger partial charge in [-0.05, 0) is 19.4 Å². The van der Waals surface area contributed by atoms with Gasteiger partial charge in [-0.25, -0.2) is 0 Å². The number of aromatic amines is 1. The third-order valence-electron chi connectivity index (χ3n) is 3.56. The quantitative estimate of drug-likeness (QED) is 0.760. The normalized spacial score (nSPS) is 11.0. The molecule has 0 aliphatic rings. The third kappa shape index (κ3) is 2.86. The molecule has 3 rings (SSSR count). The molecule has 0 saturated heterocycles. The Bertz CT molecular complexity index is 802. The van der Waals surface area contributed by atoms with Gasteiger partial charge in [-0.2, -0.15) is 10.2 Å². The molecule has 6 nitrogen and oxygen atoms in total. The van der Waals surface area contributed by atoms with Crippen LogP contribution in [0.25, 0.3) is 10.9 Å². The Morgan fingerprint density at radius 1 is 1.36 bits per heavy atom. The van der Waals surface area contributed by atoms with Gasteiger partial charge in [-0.3, -0.25) is 14.6 Å². The predicted molar refractivity (Wildman–Crippen MR) is 85.7 cm³/mol. The summed E-state index contributed by atoms with van der Waals surface area (Å²) < 4.78 is 1.90. The highest BCUT2D eigenvalue weighted by molar-refractivity contribution is 5.94. The highest BCUT2D eigenvalue weighted by atomic mass is 16.1. The molecule has 0 aliphatic heterocycles. The van der Waals surface area contributed by atoms with Crippen LogP contribution in [0.5, 0.6) is 0 Å². The fraction of sp³-hybridized carbons (Fsp3) is 0.312. The Balaban J connectivity index is 1.71. The van der Waals surface area contributed by atoms with Gasteiger partial charge in [0.1, 0.15) is 0 Å². The van der Waals surface area contributed by atoms with E-state index < -0.39 is 0 Å². The van der Waals surface area contributed by atoms with E-state index in [2.05, 4.69) is 27.5 Å². The number of aryl methyl sites for hydroxylation is 2. The lowest BCUT2D eigenvalue weighted by Crippen LogP contribution is -2.15. The highest BCUT2D eigenvalue weighted by Gasteiger charge is 2.12. The maximum Gasteiger partial charge on any atom is 0.231 e. The van der Waals surface area contributed by atoms with E-state index in [1.807, 2.05) is 41.9 Å². The van der Waals surface area contributed by atoms with Crippen molar-refractivity contribution >= 4 is 22.6 Å². The van der Waals surface area contributed by atoms with Crippen molar-refractivity contribution in [3.05, 3.63) is 41.7 Å². The zero-order chi connectivity index (χ0) is 15.5. The molecule has 2 heterocycles. The lowest BCUT2D eigenvalue weighted by molar-refractivity contribution is -0.115. The summed E-state index contributed by atoms with van der Waals surface area (Å²) in [5.74, 6) is 0.496. The van der Waals surface area contributed by atoms with Crippen LogP contribution in [0.15, 0.2) is 30.3 Å². The molecule has 0 unspecified atom stereocenters. The average molecular weight is 297 g/mol. The first-order valence-electron chi connectivity index (χ1n) is 7.43. The SMILES string of the molecule is CCCn1nc(NC(=O)Cc2[nH]nc3ccccc23)cc1C. The summed E-state index contributed by atoms with van der Waals surface area (Å²) in [5, 5.41) is 15.3. The number of rotatable bonds is 5. The van der Waals surface area contributed by atoms with Gasteiger partial charge in [0.05, 0.1) is 17.6 Å². The van der Waals surface area contributed by atoms with Crippen LogP contribution in [-0.2, 0) is 17.8 Å². The van der Waals surface area contributed by atoms with Gasteiger partial charge < -0.3 is 5.32 Å². The van der Waals surface area contributed by atoms with Gasteiger partial charge in [0.15, 0.2) is 5.82 Å². The van der Waals surface area contributed by atoms with Crippen molar-refractivity contribution in [1.82, 2.24) is 20.0 Å². The lowest BCUT2D eigenvalue weighted by Gasteiger charge is -2.02. The number of aromatic nitrogens is 4. The molecule has 1 amide bonds. The number of carbonyl (C=O) groups excluding carboxylic acids is 1. The molecular weight excluding hydrogens is 278 g/mol. The molecular formula is C16H19N5O. The fourth-order valence-corrected chi connectivity index (χ4v) is 2.51. The lowest BCUT2D eigenvalue weighted by atomic mass is 10.1. The van der Waals surface area contributed by atoms with E-state index in [1.54, 1.807) is 0 Å². The number of para-hydroxylation sites is 1. The number of nitrogens with one attached hydrogen (secondary N) is 2. The Labute approximate surface area is 128 Å². The maximum absolute atomic E-state index is 12.2. The summed E-state index contributed by atoms with van der Waals surface area (Å²) in [7, 11) is 0. The molecule has 22 heavy (non-hydrogen) atoms. The van der Waals surface area contributed by atoms with Crippen LogP contribution in [-0.4, -0.2) is 25.9 Å². The monoisotopic (exact) mass is 297 g/mol. The Hall–Kier alpha value is -2.63. The minimum absolute atomic E-state index is 0.101. The first-order chi connectivity index (χ1) is 10.7. The van der Waals surface area contributed by atoms with Crippen LogP contribution in [0.2, 0.25) is 0 Å². The van der Waals surface area contributed by atoms with Crippen molar-refractivity contribution in [2.75, 3.05) is 5.32 Å². The van der Waals surface area contributed by atoms with E-state index in [0.717, 1.165) is 35.3 Å². The molecule has 0 bridgehead atoms. The summed E-state index contributed by atoms with van der Waals surface area (Å²) in [4.78, 5) is 12.2. The van der Waals surface area contributed by atoms with Crippen LogP contribution in [0.3, 0.4) is 0 Å². The number of fused-ring (bicyclic) bond motifs is 1. The second-order valence-electron chi connectivity index (χ2n) is 5.34. The van der Waals surface area contributed by atoms with Crippen LogP contribution in [0.4, 0.5) is 5.82 Å². The van der Waals surface area contributed by atoms with Crippen LogP contribution >= 0.6 is 0 Å². The zero-order valence-electron chi connectivity index (χ0n) is 12.8. The maximum atomic E-state index is 12.2. The van der Waals surface area contributed by atoms with E-state index in [4.69, 9.17) is 0 Å². The number of benzene rings is 1. The van der Waals surface area contributed by atoms with Crippen molar-refractivity contribution < 1.29 is 4.79 Å². The zero-order valence-corrected chi connectivity index (χ0v) is 12.8. The van der Waals surface area contributed by atoms with Gasteiger partial charge in [0.25, 0.3) is 0 Å². The fourth-order valence-electron chi connectivity index (χ4n) is 2.51. The van der Waals surface area contributed by atoms with Gasteiger partial charge >= 0.3 is 0 Å². The average Bonchev–Trinajstić information content (AvgIpc) is 3.04. The van der Waals surface area contributed by atoms with Crippen LogP contribution in [0.1, 0.15) is 24.7 Å². The van der Waals surface area contributed by atoms with Crippen molar-refractivity contribution in [2.24, 2.45) is 0 Å². The summed E-state index contributed by atoms with van der Waals surface area (Å²) in [6, 6.07) is 9.63.